The number of rotatable bonds is 2. The molecular formula is C7H6Cl2OS. The molecule has 60 valence electrons. The number of ether oxygens (including phenoxy) is 1. The van der Waals surface area contributed by atoms with Gasteiger partial charge in [0, 0.05) is 4.90 Å². The van der Waals surface area contributed by atoms with Crippen molar-refractivity contribution in [3.05, 3.63) is 23.2 Å². The largest absolute Gasteiger partial charge is 0.497 e. The van der Waals surface area contributed by atoms with E-state index in [2.05, 4.69) is 0 Å². The fourth-order valence-corrected chi connectivity index (χ4v) is 1.71. The van der Waals surface area contributed by atoms with Crippen molar-refractivity contribution < 1.29 is 4.74 Å². The molecule has 1 aromatic rings. The summed E-state index contributed by atoms with van der Waals surface area (Å²) in [7, 11) is 8.23. The Kier molecular flexibility index (Phi) is 3.37. The Bertz CT molecular complexity index is 252. The van der Waals surface area contributed by atoms with Gasteiger partial charge in [0.1, 0.15) is 5.75 Å². The molecule has 0 heterocycles. The molecule has 0 aliphatic heterocycles. The van der Waals surface area contributed by atoms with Gasteiger partial charge < -0.3 is 4.74 Å². The topological polar surface area (TPSA) is 9.23 Å². The molecule has 0 amide bonds. The van der Waals surface area contributed by atoms with Gasteiger partial charge in [0.25, 0.3) is 0 Å². The fraction of sp³-hybridized carbons (Fsp3) is 0.143. The molecule has 4 heteroatoms. The summed E-state index contributed by atoms with van der Waals surface area (Å²) < 4.78 is 4.98. The van der Waals surface area contributed by atoms with Crippen molar-refractivity contribution in [2.24, 2.45) is 0 Å². The molecule has 11 heavy (non-hydrogen) atoms. The maximum Gasteiger partial charge on any atom is 0.120 e. The minimum atomic E-state index is 0.644. The molecule has 1 nitrogen and oxygen atoms in total. The summed E-state index contributed by atoms with van der Waals surface area (Å²) in [5.74, 6) is 0.762. The zero-order valence-electron chi connectivity index (χ0n) is 5.80. The van der Waals surface area contributed by atoms with Gasteiger partial charge in [-0.25, -0.2) is 0 Å². The second-order valence-corrected chi connectivity index (χ2v) is 3.34. The van der Waals surface area contributed by atoms with Gasteiger partial charge in [-0.2, -0.15) is 0 Å². The van der Waals surface area contributed by atoms with Crippen LogP contribution in [0.2, 0.25) is 5.02 Å². The highest BCUT2D eigenvalue weighted by molar-refractivity contribution is 8.21. The zero-order chi connectivity index (χ0) is 8.27. The van der Waals surface area contributed by atoms with Crippen molar-refractivity contribution in [2.45, 2.75) is 4.90 Å². The first-order valence-electron chi connectivity index (χ1n) is 2.90. The van der Waals surface area contributed by atoms with Crippen LogP contribution >= 0.6 is 33.3 Å². The van der Waals surface area contributed by atoms with E-state index in [1.165, 1.54) is 0 Å². The summed E-state index contributed by atoms with van der Waals surface area (Å²) in [4.78, 5) is 0.813. The van der Waals surface area contributed by atoms with Crippen molar-refractivity contribution in [3.63, 3.8) is 0 Å². The molecule has 0 bridgehead atoms. The minimum Gasteiger partial charge on any atom is -0.497 e. The summed E-state index contributed by atoms with van der Waals surface area (Å²) in [6, 6.07) is 5.34. The molecule has 0 aliphatic rings. The van der Waals surface area contributed by atoms with E-state index in [-0.39, 0.29) is 0 Å². The van der Waals surface area contributed by atoms with Crippen molar-refractivity contribution in [2.75, 3.05) is 7.11 Å². The third-order valence-electron chi connectivity index (χ3n) is 1.22. The quantitative estimate of drug-likeness (QED) is 0.735. The van der Waals surface area contributed by atoms with E-state index in [0.717, 1.165) is 21.6 Å². The van der Waals surface area contributed by atoms with Gasteiger partial charge >= 0.3 is 0 Å². The average Bonchev–Trinajstić information content (AvgIpc) is 2.05. The molecule has 0 saturated carbocycles. The van der Waals surface area contributed by atoms with E-state index in [1.54, 1.807) is 25.3 Å². The van der Waals surface area contributed by atoms with Gasteiger partial charge in [-0.05, 0) is 39.9 Å². The fourth-order valence-electron chi connectivity index (χ4n) is 0.670. The molecule has 1 rings (SSSR count). The monoisotopic (exact) mass is 208 g/mol. The summed E-state index contributed by atoms with van der Waals surface area (Å²) in [6.45, 7) is 0. The Balaban J connectivity index is 3.02. The van der Waals surface area contributed by atoms with Crippen LogP contribution in [0.3, 0.4) is 0 Å². The van der Waals surface area contributed by atoms with Crippen LogP contribution in [-0.2, 0) is 0 Å². The third-order valence-corrected chi connectivity index (χ3v) is 2.67. The highest BCUT2D eigenvalue weighted by Crippen LogP contribution is 2.32. The Morgan fingerprint density at radius 1 is 1.45 bits per heavy atom. The van der Waals surface area contributed by atoms with Crippen LogP contribution in [0.1, 0.15) is 0 Å². The molecule has 0 unspecified atom stereocenters. The Morgan fingerprint density at radius 3 is 2.73 bits per heavy atom. The number of hydrogen-bond donors (Lipinski definition) is 0. The number of methoxy groups -OCH3 is 1. The number of hydrogen-bond acceptors (Lipinski definition) is 2. The van der Waals surface area contributed by atoms with Crippen molar-refractivity contribution >= 4 is 33.3 Å². The average molecular weight is 209 g/mol. The third kappa shape index (κ3) is 2.19. The van der Waals surface area contributed by atoms with Gasteiger partial charge in [0.05, 0.1) is 12.1 Å². The summed E-state index contributed by atoms with van der Waals surface area (Å²) in [5, 5.41) is 0.644. The van der Waals surface area contributed by atoms with E-state index in [1.807, 2.05) is 0 Å². The molecule has 1 aromatic carbocycles. The molecule has 0 fully saturated rings. The summed E-state index contributed by atoms with van der Waals surface area (Å²) in [5.41, 5.74) is 0. The maximum absolute atomic E-state index is 5.79. The first-order chi connectivity index (χ1) is 5.27. The molecule has 0 spiro atoms. The van der Waals surface area contributed by atoms with E-state index in [9.17, 15) is 0 Å². The zero-order valence-corrected chi connectivity index (χ0v) is 8.13. The van der Waals surface area contributed by atoms with Gasteiger partial charge in [0.15, 0.2) is 0 Å². The highest BCUT2D eigenvalue weighted by Gasteiger charge is 2.00. The lowest BCUT2D eigenvalue weighted by Crippen LogP contribution is -1.82. The first-order valence-corrected chi connectivity index (χ1v) is 4.92. The summed E-state index contributed by atoms with van der Waals surface area (Å²) >= 11 is 5.79. The SMILES string of the molecule is COc1ccc(Cl)c(SCl)c1. The van der Waals surface area contributed by atoms with Crippen LogP contribution < -0.4 is 4.74 Å². The van der Waals surface area contributed by atoms with Crippen LogP contribution in [0.5, 0.6) is 5.75 Å². The molecular weight excluding hydrogens is 203 g/mol. The van der Waals surface area contributed by atoms with E-state index < -0.39 is 0 Å². The molecule has 0 saturated heterocycles. The molecule has 0 radical (unpaired) electrons. The molecule has 0 atom stereocenters. The van der Waals surface area contributed by atoms with Gasteiger partial charge in [-0.3, -0.25) is 0 Å². The van der Waals surface area contributed by atoms with E-state index in [4.69, 9.17) is 27.0 Å². The lowest BCUT2D eigenvalue weighted by atomic mass is 10.3. The first kappa shape index (κ1) is 9.04. The molecule has 0 N–H and O–H groups in total. The predicted octanol–water partition coefficient (Wildman–Crippen LogP) is 3.59. The molecule has 0 aliphatic carbocycles. The van der Waals surface area contributed by atoms with Gasteiger partial charge in [-0.1, -0.05) is 11.6 Å². The van der Waals surface area contributed by atoms with Crippen LogP contribution in [-0.4, -0.2) is 7.11 Å². The predicted molar refractivity (Wildman–Crippen MR) is 49.7 cm³/mol. The maximum atomic E-state index is 5.79. The van der Waals surface area contributed by atoms with Crippen molar-refractivity contribution in [1.82, 2.24) is 0 Å². The Morgan fingerprint density at radius 2 is 2.18 bits per heavy atom. The van der Waals surface area contributed by atoms with E-state index in [0.29, 0.717) is 5.02 Å². The highest BCUT2D eigenvalue weighted by atomic mass is 35.7. The lowest BCUT2D eigenvalue weighted by molar-refractivity contribution is 0.413. The number of benzene rings is 1. The van der Waals surface area contributed by atoms with Crippen molar-refractivity contribution in [3.8, 4) is 5.75 Å². The number of halogens is 2. The Labute approximate surface area is 79.1 Å². The van der Waals surface area contributed by atoms with Gasteiger partial charge in [0.2, 0.25) is 0 Å². The van der Waals surface area contributed by atoms with Gasteiger partial charge in [-0.15, -0.1) is 0 Å². The van der Waals surface area contributed by atoms with Crippen molar-refractivity contribution in [1.29, 1.82) is 0 Å². The smallest absolute Gasteiger partial charge is 0.120 e. The minimum absolute atomic E-state index is 0.644. The lowest BCUT2D eigenvalue weighted by Gasteiger charge is -2.02. The second-order valence-electron chi connectivity index (χ2n) is 1.87. The van der Waals surface area contributed by atoms with Crippen LogP contribution in [0.25, 0.3) is 0 Å². The van der Waals surface area contributed by atoms with E-state index >= 15 is 0 Å². The van der Waals surface area contributed by atoms with Crippen LogP contribution in [0, 0.1) is 0 Å². The second kappa shape index (κ2) is 4.10. The standard InChI is InChI=1S/C7H6Cl2OS/c1-10-5-2-3-6(8)7(4-5)11-9/h2-4H,1H3. The van der Waals surface area contributed by atoms with Crippen LogP contribution in [0.4, 0.5) is 0 Å². The molecule has 0 aromatic heterocycles. The summed E-state index contributed by atoms with van der Waals surface area (Å²) in [6.07, 6.45) is 0. The normalized spacial score (nSPS) is 9.73. The van der Waals surface area contributed by atoms with Crippen LogP contribution in [0.15, 0.2) is 23.1 Å². The Hall–Kier alpha value is -0.0500.